The minimum Gasteiger partial charge on any atom is -0.372 e. The highest BCUT2D eigenvalue weighted by Crippen LogP contribution is 2.49. The molecule has 4 atom stereocenters. The molecule has 1 spiro atoms. The van der Waals surface area contributed by atoms with Crippen molar-refractivity contribution < 1.29 is 24.0 Å². The molecule has 2 saturated heterocycles. The predicted molar refractivity (Wildman–Crippen MR) is 123 cm³/mol. The van der Waals surface area contributed by atoms with E-state index in [1.807, 2.05) is 11.8 Å². The number of carbonyl (C=O) groups excluding carboxylic acids is 3. The molecule has 5 rings (SSSR count). The maximum absolute atomic E-state index is 14.2. The summed E-state index contributed by atoms with van der Waals surface area (Å²) in [5.41, 5.74) is -0.597. The van der Waals surface area contributed by atoms with Crippen LogP contribution in [0.3, 0.4) is 0 Å². The van der Waals surface area contributed by atoms with Crippen LogP contribution in [0.1, 0.15) is 19.4 Å². The Morgan fingerprint density at radius 3 is 2.59 bits per heavy atom. The summed E-state index contributed by atoms with van der Waals surface area (Å²) in [6.45, 7) is 4.02. The SMILES string of the molecule is C[C@@H]1CN2c3ccc([N+](=O)[O-])cc3C[C@]3(C(=O)NC(=O)N(c4ccccc4Cl)C3=O)[C@H]2[C@@H](C)O1. The second-order valence-corrected chi connectivity index (χ2v) is 9.23. The van der Waals surface area contributed by atoms with E-state index in [9.17, 15) is 24.5 Å². The zero-order valence-electron chi connectivity index (χ0n) is 18.4. The summed E-state index contributed by atoms with van der Waals surface area (Å²) >= 11 is 6.30. The topological polar surface area (TPSA) is 122 Å². The molecule has 10 nitrogen and oxygen atoms in total. The van der Waals surface area contributed by atoms with Gasteiger partial charge < -0.3 is 9.64 Å². The van der Waals surface area contributed by atoms with E-state index in [-0.39, 0.29) is 28.9 Å². The fourth-order valence-corrected chi connectivity index (χ4v) is 5.70. The third-order valence-corrected chi connectivity index (χ3v) is 7.07. The third-order valence-electron chi connectivity index (χ3n) is 6.75. The number of hydrogen-bond donors (Lipinski definition) is 1. The van der Waals surface area contributed by atoms with Crippen molar-refractivity contribution in [3.8, 4) is 0 Å². The van der Waals surface area contributed by atoms with Crippen LogP contribution in [0.25, 0.3) is 0 Å². The Bertz CT molecular complexity index is 1250. The van der Waals surface area contributed by atoms with E-state index in [4.69, 9.17) is 16.3 Å². The van der Waals surface area contributed by atoms with Crippen molar-refractivity contribution >= 4 is 46.5 Å². The molecule has 34 heavy (non-hydrogen) atoms. The molecule has 0 bridgehead atoms. The summed E-state index contributed by atoms with van der Waals surface area (Å²) in [7, 11) is 0. The van der Waals surface area contributed by atoms with Gasteiger partial charge in [0.05, 0.1) is 33.9 Å². The highest BCUT2D eigenvalue weighted by Gasteiger charge is 2.65. The number of nitrogens with zero attached hydrogens (tertiary/aromatic N) is 3. The monoisotopic (exact) mass is 484 g/mol. The summed E-state index contributed by atoms with van der Waals surface area (Å²) in [6, 6.07) is 9.13. The number of non-ortho nitro benzene ring substituents is 1. The van der Waals surface area contributed by atoms with Gasteiger partial charge in [-0.3, -0.25) is 25.0 Å². The summed E-state index contributed by atoms with van der Waals surface area (Å²) in [4.78, 5) is 54.3. The van der Waals surface area contributed by atoms with Crippen LogP contribution in [0.2, 0.25) is 5.02 Å². The Kier molecular flexibility index (Phi) is 5.10. The molecular formula is C23H21ClN4O6. The predicted octanol–water partition coefficient (Wildman–Crippen LogP) is 3.06. The normalized spacial score (nSPS) is 28.4. The first kappa shape index (κ1) is 22.3. The molecule has 3 aliphatic rings. The number of para-hydroxylation sites is 1. The number of nitrogens with one attached hydrogen (secondary N) is 1. The maximum atomic E-state index is 14.2. The lowest BCUT2D eigenvalue weighted by Crippen LogP contribution is -2.76. The second-order valence-electron chi connectivity index (χ2n) is 8.82. The Hall–Kier alpha value is -3.50. The number of benzene rings is 2. The van der Waals surface area contributed by atoms with E-state index in [0.29, 0.717) is 17.8 Å². The standard InChI is InChI=1S/C23H21ClN4O6/c1-12-11-26-17-8-7-15(28(32)33)9-14(17)10-23(19(26)13(2)34-12)20(29)25-22(31)27(21(23)30)18-6-4-3-5-16(18)24/h3-9,12-13,19H,10-11H2,1-2H3,(H,25,29,31)/t12-,13-,19-,23-/m1/s1. The minimum absolute atomic E-state index is 0.133. The molecule has 1 N–H and O–H groups in total. The van der Waals surface area contributed by atoms with Crippen molar-refractivity contribution in [3.63, 3.8) is 0 Å². The van der Waals surface area contributed by atoms with Gasteiger partial charge in [0, 0.05) is 30.8 Å². The van der Waals surface area contributed by atoms with Crippen molar-refractivity contribution in [1.29, 1.82) is 0 Å². The minimum atomic E-state index is -1.77. The van der Waals surface area contributed by atoms with Gasteiger partial charge in [0.1, 0.15) is 0 Å². The van der Waals surface area contributed by atoms with Crippen LogP contribution in [0.15, 0.2) is 42.5 Å². The summed E-state index contributed by atoms with van der Waals surface area (Å²) < 4.78 is 6.04. The van der Waals surface area contributed by atoms with Crippen LogP contribution in [0.5, 0.6) is 0 Å². The number of anilines is 2. The number of barbiturate groups is 1. The molecule has 3 aliphatic heterocycles. The number of rotatable bonds is 2. The van der Waals surface area contributed by atoms with E-state index >= 15 is 0 Å². The lowest BCUT2D eigenvalue weighted by atomic mass is 9.66. The van der Waals surface area contributed by atoms with Crippen LogP contribution in [-0.4, -0.2) is 47.6 Å². The van der Waals surface area contributed by atoms with Gasteiger partial charge in [0.15, 0.2) is 5.41 Å². The molecule has 3 heterocycles. The fourth-order valence-electron chi connectivity index (χ4n) is 5.48. The highest BCUT2D eigenvalue weighted by molar-refractivity contribution is 6.37. The molecule has 2 aromatic carbocycles. The molecule has 11 heteroatoms. The number of urea groups is 1. The van der Waals surface area contributed by atoms with Crippen LogP contribution in [0, 0.1) is 15.5 Å². The first-order chi connectivity index (χ1) is 16.1. The van der Waals surface area contributed by atoms with Crippen molar-refractivity contribution in [2.75, 3.05) is 16.3 Å². The van der Waals surface area contributed by atoms with Crippen molar-refractivity contribution in [3.05, 3.63) is 63.2 Å². The Morgan fingerprint density at radius 2 is 1.88 bits per heavy atom. The number of ether oxygens (including phenoxy) is 1. The average Bonchev–Trinajstić information content (AvgIpc) is 2.78. The number of morpholine rings is 1. The van der Waals surface area contributed by atoms with Crippen LogP contribution in [0.4, 0.5) is 21.9 Å². The maximum Gasteiger partial charge on any atom is 0.335 e. The second kappa shape index (κ2) is 7.78. The van der Waals surface area contributed by atoms with Gasteiger partial charge in [0.2, 0.25) is 5.91 Å². The van der Waals surface area contributed by atoms with E-state index in [2.05, 4.69) is 5.32 Å². The van der Waals surface area contributed by atoms with E-state index in [1.54, 1.807) is 31.2 Å². The summed E-state index contributed by atoms with van der Waals surface area (Å²) in [6.07, 6.45) is -0.901. The number of nitro groups is 1. The summed E-state index contributed by atoms with van der Waals surface area (Å²) in [5, 5.41) is 13.9. The number of carbonyl (C=O) groups is 3. The van der Waals surface area contributed by atoms with Gasteiger partial charge in [-0.15, -0.1) is 0 Å². The quantitative estimate of drug-likeness (QED) is 0.395. The lowest BCUT2D eigenvalue weighted by Gasteiger charge is -2.56. The number of amides is 4. The highest BCUT2D eigenvalue weighted by atomic mass is 35.5. The third kappa shape index (κ3) is 3.09. The van der Waals surface area contributed by atoms with Gasteiger partial charge in [0.25, 0.3) is 11.6 Å². The summed E-state index contributed by atoms with van der Waals surface area (Å²) in [5.74, 6) is -1.51. The smallest absolute Gasteiger partial charge is 0.335 e. The molecule has 176 valence electrons. The Labute approximate surface area is 199 Å². The molecule has 2 aromatic rings. The number of fused-ring (bicyclic) bond motifs is 4. The molecule has 4 amide bonds. The van der Waals surface area contributed by atoms with Crippen LogP contribution >= 0.6 is 11.6 Å². The van der Waals surface area contributed by atoms with Crippen LogP contribution in [-0.2, 0) is 20.7 Å². The van der Waals surface area contributed by atoms with Crippen molar-refractivity contribution in [2.45, 2.75) is 38.5 Å². The molecule has 0 saturated carbocycles. The fraction of sp³-hybridized carbons (Fsp3) is 0.348. The molecule has 0 radical (unpaired) electrons. The van der Waals surface area contributed by atoms with Gasteiger partial charge in [-0.1, -0.05) is 23.7 Å². The lowest BCUT2D eigenvalue weighted by molar-refractivity contribution is -0.384. The molecular weight excluding hydrogens is 464 g/mol. The average molecular weight is 485 g/mol. The van der Waals surface area contributed by atoms with E-state index < -0.39 is 40.3 Å². The molecule has 0 aliphatic carbocycles. The zero-order valence-corrected chi connectivity index (χ0v) is 19.1. The zero-order chi connectivity index (χ0) is 24.4. The van der Waals surface area contributed by atoms with Gasteiger partial charge in [-0.2, -0.15) is 0 Å². The Morgan fingerprint density at radius 1 is 1.15 bits per heavy atom. The molecule has 0 aromatic heterocycles. The van der Waals surface area contributed by atoms with Crippen molar-refractivity contribution in [1.82, 2.24) is 5.32 Å². The number of halogens is 1. The first-order valence-corrected chi connectivity index (χ1v) is 11.2. The van der Waals surface area contributed by atoms with Gasteiger partial charge in [-0.05, 0) is 37.6 Å². The molecule has 2 fully saturated rings. The largest absolute Gasteiger partial charge is 0.372 e. The van der Waals surface area contributed by atoms with E-state index in [0.717, 1.165) is 4.90 Å². The van der Waals surface area contributed by atoms with Gasteiger partial charge in [-0.25, -0.2) is 9.69 Å². The Balaban J connectivity index is 1.72. The number of hydrogen-bond acceptors (Lipinski definition) is 7. The van der Waals surface area contributed by atoms with Crippen LogP contribution < -0.4 is 15.1 Å². The first-order valence-electron chi connectivity index (χ1n) is 10.8. The number of nitro benzene ring substituents is 1. The molecule has 0 unspecified atom stereocenters. The van der Waals surface area contributed by atoms with Gasteiger partial charge >= 0.3 is 6.03 Å². The number of imide groups is 2. The van der Waals surface area contributed by atoms with E-state index in [1.165, 1.54) is 18.2 Å². The van der Waals surface area contributed by atoms with Crippen molar-refractivity contribution in [2.24, 2.45) is 5.41 Å².